The lowest BCUT2D eigenvalue weighted by atomic mass is 10.1. The molecule has 0 aliphatic carbocycles. The third-order valence-corrected chi connectivity index (χ3v) is 2.06. The zero-order valence-electron chi connectivity index (χ0n) is 7.50. The Labute approximate surface area is 72.2 Å². The van der Waals surface area contributed by atoms with Crippen LogP contribution in [0.25, 0.3) is 0 Å². The van der Waals surface area contributed by atoms with Crippen molar-refractivity contribution >= 4 is 5.91 Å². The zero-order chi connectivity index (χ0) is 8.97. The first-order chi connectivity index (χ1) is 5.77. The molecule has 1 heterocycles. The minimum absolute atomic E-state index is 0.173. The van der Waals surface area contributed by atoms with E-state index in [1.165, 1.54) is 7.11 Å². The van der Waals surface area contributed by atoms with E-state index in [-0.39, 0.29) is 18.1 Å². The summed E-state index contributed by atoms with van der Waals surface area (Å²) >= 11 is 0. The van der Waals surface area contributed by atoms with Crippen LogP contribution in [0.2, 0.25) is 0 Å². The summed E-state index contributed by atoms with van der Waals surface area (Å²) in [6, 6.07) is 0. The first-order valence-corrected chi connectivity index (χ1v) is 4.26. The van der Waals surface area contributed by atoms with Crippen LogP contribution >= 0.6 is 0 Å². The Kier molecular flexibility index (Phi) is 3.49. The second-order valence-corrected chi connectivity index (χ2v) is 2.90. The van der Waals surface area contributed by atoms with Crippen LogP contribution in [0.3, 0.4) is 0 Å². The fourth-order valence-corrected chi connectivity index (χ4v) is 1.37. The topological polar surface area (TPSA) is 47.6 Å². The van der Waals surface area contributed by atoms with Gasteiger partial charge in [-0.3, -0.25) is 9.63 Å². The van der Waals surface area contributed by atoms with E-state index < -0.39 is 0 Å². The molecule has 1 N–H and O–H groups in total. The van der Waals surface area contributed by atoms with Crippen molar-refractivity contribution in [3.63, 3.8) is 0 Å². The summed E-state index contributed by atoms with van der Waals surface area (Å²) in [5.41, 5.74) is 2.27. The van der Waals surface area contributed by atoms with Crippen LogP contribution in [0, 0.1) is 0 Å². The molecular weight excluding hydrogens is 158 g/mol. The SMILES string of the molecule is CCC1CCC(C(=O)NOC)O1. The second kappa shape index (κ2) is 4.42. The molecule has 4 nitrogen and oxygen atoms in total. The van der Waals surface area contributed by atoms with Gasteiger partial charge in [0, 0.05) is 0 Å². The Hall–Kier alpha value is -0.610. The summed E-state index contributed by atoms with van der Waals surface area (Å²) in [5, 5.41) is 0. The van der Waals surface area contributed by atoms with Crippen molar-refractivity contribution in [3.8, 4) is 0 Å². The standard InChI is InChI=1S/C8H15NO3/c1-3-6-4-5-7(12-6)8(10)9-11-2/h6-7H,3-5H2,1-2H3,(H,9,10). The number of nitrogens with one attached hydrogen (secondary N) is 1. The van der Waals surface area contributed by atoms with Gasteiger partial charge in [-0.1, -0.05) is 6.92 Å². The van der Waals surface area contributed by atoms with Crippen LogP contribution in [0.15, 0.2) is 0 Å². The van der Waals surface area contributed by atoms with Crippen LogP contribution in [0.1, 0.15) is 26.2 Å². The van der Waals surface area contributed by atoms with Crippen molar-refractivity contribution in [2.75, 3.05) is 7.11 Å². The molecule has 1 aliphatic heterocycles. The molecule has 0 bridgehead atoms. The molecule has 0 aromatic rings. The van der Waals surface area contributed by atoms with Gasteiger partial charge < -0.3 is 4.74 Å². The third kappa shape index (κ3) is 2.19. The molecule has 1 aliphatic rings. The lowest BCUT2D eigenvalue weighted by Crippen LogP contribution is -2.33. The number of ether oxygens (including phenoxy) is 1. The Morgan fingerprint density at radius 1 is 1.67 bits per heavy atom. The molecule has 4 heteroatoms. The van der Waals surface area contributed by atoms with E-state index in [1.807, 2.05) is 0 Å². The highest BCUT2D eigenvalue weighted by molar-refractivity contribution is 5.79. The normalized spacial score (nSPS) is 28.8. The molecule has 1 rings (SSSR count). The van der Waals surface area contributed by atoms with Gasteiger partial charge in [-0.05, 0) is 19.3 Å². The van der Waals surface area contributed by atoms with Crippen LogP contribution in [-0.2, 0) is 14.4 Å². The maximum Gasteiger partial charge on any atom is 0.272 e. The van der Waals surface area contributed by atoms with Crippen molar-refractivity contribution in [2.45, 2.75) is 38.4 Å². The molecule has 0 saturated carbocycles. The Morgan fingerprint density at radius 3 is 2.92 bits per heavy atom. The van der Waals surface area contributed by atoms with Crippen LogP contribution in [-0.4, -0.2) is 25.2 Å². The Morgan fingerprint density at radius 2 is 2.42 bits per heavy atom. The molecule has 70 valence electrons. The van der Waals surface area contributed by atoms with Crippen LogP contribution < -0.4 is 5.48 Å². The van der Waals surface area contributed by atoms with E-state index in [9.17, 15) is 4.79 Å². The first kappa shape index (κ1) is 9.48. The number of carbonyl (C=O) groups excluding carboxylic acids is 1. The van der Waals surface area contributed by atoms with Gasteiger partial charge in [0.25, 0.3) is 5.91 Å². The number of hydroxylamine groups is 1. The summed E-state index contributed by atoms with van der Waals surface area (Å²) in [4.78, 5) is 15.7. The zero-order valence-corrected chi connectivity index (χ0v) is 7.50. The predicted octanol–water partition coefficient (Wildman–Crippen LogP) is 0.622. The molecular formula is C8H15NO3. The number of amides is 1. The smallest absolute Gasteiger partial charge is 0.272 e. The molecule has 12 heavy (non-hydrogen) atoms. The Bertz CT molecular complexity index is 160. The first-order valence-electron chi connectivity index (χ1n) is 4.26. The van der Waals surface area contributed by atoms with Crippen molar-refractivity contribution in [1.82, 2.24) is 5.48 Å². The van der Waals surface area contributed by atoms with E-state index >= 15 is 0 Å². The summed E-state index contributed by atoms with van der Waals surface area (Å²) in [5.74, 6) is -0.173. The number of rotatable bonds is 3. The summed E-state index contributed by atoms with van der Waals surface area (Å²) in [6.07, 6.45) is 2.68. The maximum absolute atomic E-state index is 11.1. The highest BCUT2D eigenvalue weighted by Gasteiger charge is 2.29. The largest absolute Gasteiger partial charge is 0.365 e. The van der Waals surface area contributed by atoms with Gasteiger partial charge in [0.1, 0.15) is 6.10 Å². The van der Waals surface area contributed by atoms with Gasteiger partial charge in [0.05, 0.1) is 13.2 Å². The lowest BCUT2D eigenvalue weighted by Gasteiger charge is -2.10. The molecule has 0 spiro atoms. The molecule has 1 fully saturated rings. The van der Waals surface area contributed by atoms with Gasteiger partial charge in [-0.2, -0.15) is 0 Å². The van der Waals surface area contributed by atoms with Crippen molar-refractivity contribution in [3.05, 3.63) is 0 Å². The average molecular weight is 173 g/mol. The molecule has 0 aromatic heterocycles. The minimum Gasteiger partial charge on any atom is -0.365 e. The van der Waals surface area contributed by atoms with Gasteiger partial charge in [-0.25, -0.2) is 5.48 Å². The monoisotopic (exact) mass is 173 g/mol. The molecule has 1 saturated heterocycles. The number of hydrogen-bond acceptors (Lipinski definition) is 3. The highest BCUT2D eigenvalue weighted by atomic mass is 16.6. The summed E-state index contributed by atoms with van der Waals surface area (Å²) in [7, 11) is 1.42. The van der Waals surface area contributed by atoms with E-state index in [2.05, 4.69) is 17.2 Å². The second-order valence-electron chi connectivity index (χ2n) is 2.90. The quantitative estimate of drug-likeness (QED) is 0.636. The Balaban J connectivity index is 2.31. The van der Waals surface area contributed by atoms with Crippen molar-refractivity contribution in [1.29, 1.82) is 0 Å². The molecule has 2 unspecified atom stereocenters. The van der Waals surface area contributed by atoms with Gasteiger partial charge in [0.15, 0.2) is 0 Å². The maximum atomic E-state index is 11.1. The molecule has 1 amide bonds. The fraction of sp³-hybridized carbons (Fsp3) is 0.875. The fourth-order valence-electron chi connectivity index (χ4n) is 1.37. The predicted molar refractivity (Wildman–Crippen MR) is 43.3 cm³/mol. The minimum atomic E-state index is -0.310. The van der Waals surface area contributed by atoms with Crippen molar-refractivity contribution in [2.24, 2.45) is 0 Å². The van der Waals surface area contributed by atoms with Crippen LogP contribution in [0.5, 0.6) is 0 Å². The van der Waals surface area contributed by atoms with Gasteiger partial charge in [0.2, 0.25) is 0 Å². The number of carbonyl (C=O) groups is 1. The highest BCUT2D eigenvalue weighted by Crippen LogP contribution is 2.21. The average Bonchev–Trinajstić information content (AvgIpc) is 2.52. The van der Waals surface area contributed by atoms with Crippen LogP contribution in [0.4, 0.5) is 0 Å². The van der Waals surface area contributed by atoms with E-state index in [4.69, 9.17) is 4.74 Å². The van der Waals surface area contributed by atoms with Gasteiger partial charge >= 0.3 is 0 Å². The molecule has 2 atom stereocenters. The molecule has 0 aromatic carbocycles. The lowest BCUT2D eigenvalue weighted by molar-refractivity contribution is -0.142. The van der Waals surface area contributed by atoms with Gasteiger partial charge in [-0.15, -0.1) is 0 Å². The van der Waals surface area contributed by atoms with Crippen molar-refractivity contribution < 1.29 is 14.4 Å². The third-order valence-electron chi connectivity index (χ3n) is 2.06. The number of hydrogen-bond donors (Lipinski definition) is 1. The summed E-state index contributed by atoms with van der Waals surface area (Å²) in [6.45, 7) is 2.06. The molecule has 0 radical (unpaired) electrons. The van der Waals surface area contributed by atoms with E-state index in [0.717, 1.165) is 19.3 Å². The van der Waals surface area contributed by atoms with E-state index in [1.54, 1.807) is 0 Å². The van der Waals surface area contributed by atoms with E-state index in [0.29, 0.717) is 0 Å². The summed E-state index contributed by atoms with van der Waals surface area (Å²) < 4.78 is 5.43.